The van der Waals surface area contributed by atoms with Crippen LogP contribution in [0.2, 0.25) is 0 Å². The van der Waals surface area contributed by atoms with Crippen LogP contribution in [0.1, 0.15) is 12.0 Å². The van der Waals surface area contributed by atoms with Crippen molar-refractivity contribution in [2.75, 3.05) is 20.1 Å². The molecule has 1 aliphatic heterocycles. The molecular weight excluding hydrogens is 224 g/mol. The summed E-state index contributed by atoms with van der Waals surface area (Å²) >= 11 is 0. The highest BCUT2D eigenvalue weighted by atomic mass is 16.3. The number of likely N-dealkylation sites (tertiary alicyclic amines) is 1. The van der Waals surface area contributed by atoms with E-state index in [9.17, 15) is 5.11 Å². The van der Waals surface area contributed by atoms with E-state index in [1.807, 2.05) is 6.07 Å². The summed E-state index contributed by atoms with van der Waals surface area (Å²) in [6.45, 7) is 1.99. The lowest BCUT2D eigenvalue weighted by molar-refractivity contribution is 0.0368. The predicted octanol–water partition coefficient (Wildman–Crippen LogP) is 2.02. The van der Waals surface area contributed by atoms with Crippen LogP contribution in [0.25, 0.3) is 10.9 Å². The Hall–Kier alpha value is -1.32. The second kappa shape index (κ2) is 4.75. The van der Waals surface area contributed by atoms with E-state index in [0.29, 0.717) is 5.92 Å². The van der Waals surface area contributed by atoms with Gasteiger partial charge in [0.15, 0.2) is 0 Å². The van der Waals surface area contributed by atoms with Crippen LogP contribution in [-0.2, 0) is 6.42 Å². The standard InChI is InChI=1S/C15H20N2O/c1-17-7-6-15(18)12(10-17)8-11-9-16-14-5-3-2-4-13(11)14/h2-5,9,12,15-16,18H,6-8,10H2,1H3. The second-order valence-corrected chi connectivity index (χ2v) is 5.44. The van der Waals surface area contributed by atoms with Crippen molar-refractivity contribution < 1.29 is 5.11 Å². The number of hydrogen-bond acceptors (Lipinski definition) is 2. The Bertz CT molecular complexity index is 534. The topological polar surface area (TPSA) is 39.3 Å². The molecule has 0 saturated carbocycles. The third kappa shape index (κ3) is 2.16. The number of aliphatic hydroxyl groups excluding tert-OH is 1. The number of rotatable bonds is 2. The minimum atomic E-state index is -0.158. The first-order chi connectivity index (χ1) is 8.74. The molecule has 96 valence electrons. The number of benzene rings is 1. The van der Waals surface area contributed by atoms with E-state index in [1.165, 1.54) is 16.5 Å². The fourth-order valence-corrected chi connectivity index (χ4v) is 2.99. The Morgan fingerprint density at radius 1 is 1.39 bits per heavy atom. The van der Waals surface area contributed by atoms with E-state index in [0.717, 1.165) is 25.9 Å². The van der Waals surface area contributed by atoms with Gasteiger partial charge in [0.25, 0.3) is 0 Å². The zero-order chi connectivity index (χ0) is 12.5. The zero-order valence-electron chi connectivity index (χ0n) is 10.8. The molecule has 2 unspecified atom stereocenters. The quantitative estimate of drug-likeness (QED) is 0.848. The molecule has 2 aromatic rings. The predicted molar refractivity (Wildman–Crippen MR) is 73.6 cm³/mol. The van der Waals surface area contributed by atoms with E-state index < -0.39 is 0 Å². The van der Waals surface area contributed by atoms with Gasteiger partial charge in [-0.25, -0.2) is 0 Å². The number of H-pyrrole nitrogens is 1. The molecule has 2 heterocycles. The molecule has 0 spiro atoms. The number of fused-ring (bicyclic) bond motifs is 1. The third-order valence-electron chi connectivity index (χ3n) is 4.05. The van der Waals surface area contributed by atoms with Gasteiger partial charge in [-0.2, -0.15) is 0 Å². The summed E-state index contributed by atoms with van der Waals surface area (Å²) in [7, 11) is 2.13. The monoisotopic (exact) mass is 244 g/mol. The van der Waals surface area contributed by atoms with Gasteiger partial charge >= 0.3 is 0 Å². The van der Waals surface area contributed by atoms with Crippen molar-refractivity contribution in [1.82, 2.24) is 9.88 Å². The Morgan fingerprint density at radius 2 is 2.22 bits per heavy atom. The van der Waals surface area contributed by atoms with Crippen LogP contribution in [0.15, 0.2) is 30.5 Å². The van der Waals surface area contributed by atoms with E-state index in [2.05, 4.69) is 41.3 Å². The van der Waals surface area contributed by atoms with Crippen molar-refractivity contribution in [3.05, 3.63) is 36.0 Å². The molecule has 0 bridgehead atoms. The number of piperidine rings is 1. The molecule has 3 nitrogen and oxygen atoms in total. The molecule has 0 radical (unpaired) electrons. The van der Waals surface area contributed by atoms with Crippen molar-refractivity contribution in [3.8, 4) is 0 Å². The lowest BCUT2D eigenvalue weighted by Crippen LogP contribution is -2.41. The van der Waals surface area contributed by atoms with E-state index >= 15 is 0 Å². The first-order valence-electron chi connectivity index (χ1n) is 6.65. The summed E-state index contributed by atoms with van der Waals surface area (Å²) in [5, 5.41) is 11.4. The second-order valence-electron chi connectivity index (χ2n) is 5.44. The molecule has 0 aliphatic carbocycles. The van der Waals surface area contributed by atoms with Crippen molar-refractivity contribution in [2.45, 2.75) is 18.9 Å². The van der Waals surface area contributed by atoms with Crippen LogP contribution >= 0.6 is 0 Å². The van der Waals surface area contributed by atoms with Gasteiger partial charge in [0.1, 0.15) is 0 Å². The molecule has 2 N–H and O–H groups in total. The minimum Gasteiger partial charge on any atom is -0.393 e. The van der Waals surface area contributed by atoms with Crippen LogP contribution in [0, 0.1) is 5.92 Å². The Balaban J connectivity index is 1.83. The molecule has 1 fully saturated rings. The lowest BCUT2D eigenvalue weighted by Gasteiger charge is -2.33. The van der Waals surface area contributed by atoms with Gasteiger partial charge in [-0.15, -0.1) is 0 Å². The number of aliphatic hydroxyl groups is 1. The fraction of sp³-hybridized carbons (Fsp3) is 0.467. The highest BCUT2D eigenvalue weighted by Gasteiger charge is 2.26. The van der Waals surface area contributed by atoms with Crippen LogP contribution in [0.5, 0.6) is 0 Å². The highest BCUT2D eigenvalue weighted by molar-refractivity contribution is 5.83. The Labute approximate surface area is 107 Å². The normalized spacial score (nSPS) is 25.7. The SMILES string of the molecule is CN1CCC(O)C(Cc2c[nH]c3ccccc23)C1. The smallest absolute Gasteiger partial charge is 0.0596 e. The largest absolute Gasteiger partial charge is 0.393 e. The summed E-state index contributed by atoms with van der Waals surface area (Å²) in [6, 6.07) is 8.37. The van der Waals surface area contributed by atoms with Gasteiger partial charge in [0, 0.05) is 36.1 Å². The number of nitrogens with one attached hydrogen (secondary N) is 1. The van der Waals surface area contributed by atoms with E-state index in [4.69, 9.17) is 0 Å². The number of nitrogens with zero attached hydrogens (tertiary/aromatic N) is 1. The van der Waals surface area contributed by atoms with Crippen molar-refractivity contribution >= 4 is 10.9 Å². The summed E-state index contributed by atoms with van der Waals surface area (Å²) in [5.41, 5.74) is 2.51. The Kier molecular flexibility index (Phi) is 3.10. The third-order valence-corrected chi connectivity index (χ3v) is 4.05. The van der Waals surface area contributed by atoms with Gasteiger partial charge < -0.3 is 15.0 Å². The summed E-state index contributed by atoms with van der Waals surface area (Å²) in [6.07, 6.45) is 3.78. The molecule has 1 saturated heterocycles. The van der Waals surface area contributed by atoms with Gasteiger partial charge in [-0.3, -0.25) is 0 Å². The number of aromatic amines is 1. The lowest BCUT2D eigenvalue weighted by atomic mass is 9.89. The zero-order valence-corrected chi connectivity index (χ0v) is 10.8. The van der Waals surface area contributed by atoms with Gasteiger partial charge in [0.2, 0.25) is 0 Å². The molecule has 1 aromatic carbocycles. The highest BCUT2D eigenvalue weighted by Crippen LogP contribution is 2.25. The molecule has 2 atom stereocenters. The first-order valence-corrected chi connectivity index (χ1v) is 6.65. The average molecular weight is 244 g/mol. The van der Waals surface area contributed by atoms with Crippen molar-refractivity contribution in [1.29, 1.82) is 0 Å². The number of aromatic nitrogens is 1. The first kappa shape index (κ1) is 11.8. The van der Waals surface area contributed by atoms with Crippen molar-refractivity contribution in [3.63, 3.8) is 0 Å². The maximum atomic E-state index is 10.1. The molecule has 3 heteroatoms. The summed E-state index contributed by atoms with van der Waals surface area (Å²) < 4.78 is 0. The molecule has 1 aliphatic rings. The molecule has 0 amide bonds. The van der Waals surface area contributed by atoms with Crippen LogP contribution in [0.4, 0.5) is 0 Å². The fourth-order valence-electron chi connectivity index (χ4n) is 2.99. The molecule has 1 aromatic heterocycles. The number of hydrogen-bond donors (Lipinski definition) is 2. The minimum absolute atomic E-state index is 0.158. The average Bonchev–Trinajstić information content (AvgIpc) is 2.78. The van der Waals surface area contributed by atoms with E-state index in [-0.39, 0.29) is 6.10 Å². The van der Waals surface area contributed by atoms with Gasteiger partial charge in [-0.1, -0.05) is 18.2 Å². The van der Waals surface area contributed by atoms with Crippen molar-refractivity contribution in [2.24, 2.45) is 5.92 Å². The van der Waals surface area contributed by atoms with Gasteiger partial charge in [-0.05, 0) is 31.5 Å². The van der Waals surface area contributed by atoms with E-state index in [1.54, 1.807) is 0 Å². The van der Waals surface area contributed by atoms with Crippen LogP contribution in [-0.4, -0.2) is 41.2 Å². The Morgan fingerprint density at radius 3 is 3.11 bits per heavy atom. The molecule has 3 rings (SSSR count). The van der Waals surface area contributed by atoms with Crippen LogP contribution in [0.3, 0.4) is 0 Å². The maximum Gasteiger partial charge on any atom is 0.0596 e. The number of para-hydroxylation sites is 1. The summed E-state index contributed by atoms with van der Waals surface area (Å²) in [4.78, 5) is 5.62. The summed E-state index contributed by atoms with van der Waals surface area (Å²) in [5.74, 6) is 0.350. The molecular formula is C15H20N2O. The molecule has 18 heavy (non-hydrogen) atoms. The van der Waals surface area contributed by atoms with Gasteiger partial charge in [0.05, 0.1) is 6.10 Å². The van der Waals surface area contributed by atoms with Crippen LogP contribution < -0.4 is 0 Å². The maximum absolute atomic E-state index is 10.1.